The van der Waals surface area contributed by atoms with E-state index < -0.39 is 0 Å². The van der Waals surface area contributed by atoms with Crippen molar-refractivity contribution in [3.05, 3.63) is 0 Å². The molecule has 0 aromatic heterocycles. The van der Waals surface area contributed by atoms with Crippen LogP contribution in [0, 0.1) is 0 Å². The van der Waals surface area contributed by atoms with Crippen LogP contribution in [0.2, 0.25) is 0 Å². The van der Waals surface area contributed by atoms with Gasteiger partial charge >= 0.3 is 0 Å². The summed E-state index contributed by atoms with van der Waals surface area (Å²) in [5.74, 6) is 0. The van der Waals surface area contributed by atoms with Crippen LogP contribution in [0.5, 0.6) is 0 Å². The van der Waals surface area contributed by atoms with Crippen molar-refractivity contribution >= 4 is 12.4 Å². The molecule has 2 atom stereocenters. The smallest absolute Gasteiger partial charge is 0.0742 e. The number of halogens is 1. The summed E-state index contributed by atoms with van der Waals surface area (Å²) in [5, 5.41) is 0. The van der Waals surface area contributed by atoms with Gasteiger partial charge in [-0.05, 0) is 13.3 Å². The van der Waals surface area contributed by atoms with Gasteiger partial charge in [-0.15, -0.1) is 12.4 Å². The molecule has 0 spiro atoms. The van der Waals surface area contributed by atoms with Crippen molar-refractivity contribution in [3.63, 3.8) is 0 Å². The Bertz CT molecular complexity index is 69.4. The molecule has 0 heterocycles. The first-order chi connectivity index (χ1) is 3.34. The summed E-state index contributed by atoms with van der Waals surface area (Å²) < 4.78 is 5.14. The minimum Gasteiger partial charge on any atom is -0.377 e. The van der Waals surface area contributed by atoms with Crippen LogP contribution in [0.3, 0.4) is 0 Å². The minimum atomic E-state index is 0. The molecule has 0 radical (unpaired) electrons. The van der Waals surface area contributed by atoms with Crippen LogP contribution in [0.25, 0.3) is 0 Å². The SMILES string of the molecule is CCOC1CC1N.Cl. The van der Waals surface area contributed by atoms with E-state index in [0.29, 0.717) is 12.1 Å². The number of ether oxygens (including phenoxy) is 1. The van der Waals surface area contributed by atoms with Crippen LogP contribution >= 0.6 is 12.4 Å². The standard InChI is InChI=1S/C5H11NO.ClH/c1-2-7-5-3-4(5)6;/h4-5H,2-3,6H2,1H3;1H. The molecule has 0 saturated heterocycles. The fraction of sp³-hybridized carbons (Fsp3) is 1.00. The summed E-state index contributed by atoms with van der Waals surface area (Å²) in [5.41, 5.74) is 5.43. The Morgan fingerprint density at radius 2 is 2.25 bits per heavy atom. The minimum absolute atomic E-state index is 0. The summed E-state index contributed by atoms with van der Waals surface area (Å²) >= 11 is 0. The maximum atomic E-state index is 5.43. The Kier molecular flexibility index (Phi) is 3.36. The summed E-state index contributed by atoms with van der Waals surface area (Å²) in [7, 11) is 0. The first-order valence-electron chi connectivity index (χ1n) is 2.71. The lowest BCUT2D eigenvalue weighted by Crippen LogP contribution is -2.07. The fourth-order valence-electron chi connectivity index (χ4n) is 0.595. The van der Waals surface area contributed by atoms with E-state index in [1.54, 1.807) is 0 Å². The molecule has 1 rings (SSSR count). The highest BCUT2D eigenvalue weighted by Crippen LogP contribution is 2.21. The van der Waals surface area contributed by atoms with Gasteiger partial charge in [0.15, 0.2) is 0 Å². The highest BCUT2D eigenvalue weighted by molar-refractivity contribution is 5.85. The molecule has 50 valence electrons. The molecule has 1 aliphatic carbocycles. The third-order valence-corrected chi connectivity index (χ3v) is 1.16. The van der Waals surface area contributed by atoms with Gasteiger partial charge < -0.3 is 10.5 Å². The number of hydrogen-bond donors (Lipinski definition) is 1. The third-order valence-electron chi connectivity index (χ3n) is 1.16. The molecule has 2 N–H and O–H groups in total. The Balaban J connectivity index is 0.000000490. The lowest BCUT2D eigenvalue weighted by molar-refractivity contribution is 0.129. The number of rotatable bonds is 2. The number of hydrogen-bond acceptors (Lipinski definition) is 2. The maximum absolute atomic E-state index is 5.43. The quantitative estimate of drug-likeness (QED) is 0.603. The van der Waals surface area contributed by atoms with E-state index in [9.17, 15) is 0 Å². The largest absolute Gasteiger partial charge is 0.377 e. The second-order valence-corrected chi connectivity index (χ2v) is 1.89. The van der Waals surface area contributed by atoms with Crippen molar-refractivity contribution in [3.8, 4) is 0 Å². The number of nitrogens with two attached hydrogens (primary N) is 1. The van der Waals surface area contributed by atoms with Gasteiger partial charge in [0.1, 0.15) is 0 Å². The predicted octanol–water partition coefficient (Wildman–Crippen LogP) is 0.544. The van der Waals surface area contributed by atoms with E-state index in [4.69, 9.17) is 10.5 Å². The lowest BCUT2D eigenvalue weighted by atomic mass is 10.7. The van der Waals surface area contributed by atoms with E-state index in [0.717, 1.165) is 13.0 Å². The molecule has 2 nitrogen and oxygen atoms in total. The van der Waals surface area contributed by atoms with E-state index >= 15 is 0 Å². The monoisotopic (exact) mass is 137 g/mol. The summed E-state index contributed by atoms with van der Waals surface area (Å²) in [4.78, 5) is 0. The van der Waals surface area contributed by atoms with E-state index in [2.05, 4.69) is 0 Å². The van der Waals surface area contributed by atoms with Gasteiger partial charge in [0.05, 0.1) is 6.10 Å². The maximum Gasteiger partial charge on any atom is 0.0742 e. The summed E-state index contributed by atoms with van der Waals surface area (Å²) in [6.45, 7) is 2.80. The Morgan fingerprint density at radius 1 is 1.75 bits per heavy atom. The zero-order valence-corrected chi connectivity index (χ0v) is 5.78. The van der Waals surface area contributed by atoms with E-state index in [1.807, 2.05) is 6.92 Å². The molecule has 1 saturated carbocycles. The Morgan fingerprint density at radius 3 is 2.38 bits per heavy atom. The second kappa shape index (κ2) is 3.28. The van der Waals surface area contributed by atoms with Crippen molar-refractivity contribution in [2.75, 3.05) is 6.61 Å². The molecule has 8 heavy (non-hydrogen) atoms. The molecule has 3 heteroatoms. The van der Waals surface area contributed by atoms with E-state index in [-0.39, 0.29) is 12.4 Å². The van der Waals surface area contributed by atoms with Crippen LogP contribution in [-0.2, 0) is 4.74 Å². The van der Waals surface area contributed by atoms with Crippen molar-refractivity contribution in [1.82, 2.24) is 0 Å². The van der Waals surface area contributed by atoms with Gasteiger partial charge in [0.2, 0.25) is 0 Å². The predicted molar refractivity (Wildman–Crippen MR) is 35.3 cm³/mol. The van der Waals surface area contributed by atoms with Crippen LogP contribution in [0.1, 0.15) is 13.3 Å². The molecule has 0 amide bonds. The van der Waals surface area contributed by atoms with Crippen LogP contribution < -0.4 is 5.73 Å². The van der Waals surface area contributed by atoms with Gasteiger partial charge in [0, 0.05) is 12.6 Å². The van der Waals surface area contributed by atoms with Crippen molar-refractivity contribution < 1.29 is 4.74 Å². The van der Waals surface area contributed by atoms with Gasteiger partial charge in [-0.25, -0.2) is 0 Å². The van der Waals surface area contributed by atoms with Crippen molar-refractivity contribution in [1.29, 1.82) is 0 Å². The third kappa shape index (κ3) is 1.99. The average Bonchev–Trinajstić information content (AvgIpc) is 2.22. The molecule has 0 aromatic carbocycles. The molecule has 0 bridgehead atoms. The molecule has 0 aliphatic heterocycles. The van der Waals surface area contributed by atoms with Crippen LogP contribution in [0.15, 0.2) is 0 Å². The average molecular weight is 138 g/mol. The lowest BCUT2D eigenvalue weighted by Gasteiger charge is -1.92. The van der Waals surface area contributed by atoms with E-state index in [1.165, 1.54) is 0 Å². The second-order valence-electron chi connectivity index (χ2n) is 1.89. The summed E-state index contributed by atoms with van der Waals surface area (Å²) in [6, 6.07) is 0.347. The zero-order valence-electron chi connectivity index (χ0n) is 4.96. The molecule has 1 aliphatic rings. The van der Waals surface area contributed by atoms with Gasteiger partial charge in [-0.2, -0.15) is 0 Å². The molecule has 1 fully saturated rings. The van der Waals surface area contributed by atoms with Crippen molar-refractivity contribution in [2.45, 2.75) is 25.5 Å². The Hall–Kier alpha value is 0.210. The topological polar surface area (TPSA) is 35.2 Å². The molecular formula is C5H12ClNO. The molecule has 0 aromatic rings. The van der Waals surface area contributed by atoms with Crippen LogP contribution in [-0.4, -0.2) is 18.8 Å². The van der Waals surface area contributed by atoms with Gasteiger partial charge in [0.25, 0.3) is 0 Å². The normalized spacial score (nSPS) is 33.8. The highest BCUT2D eigenvalue weighted by atomic mass is 35.5. The molecule has 2 unspecified atom stereocenters. The molecular weight excluding hydrogens is 126 g/mol. The van der Waals surface area contributed by atoms with Gasteiger partial charge in [-0.1, -0.05) is 0 Å². The summed E-state index contributed by atoms with van der Waals surface area (Å²) in [6.07, 6.45) is 1.46. The first-order valence-corrected chi connectivity index (χ1v) is 2.71. The Labute approximate surface area is 55.8 Å². The van der Waals surface area contributed by atoms with Crippen LogP contribution in [0.4, 0.5) is 0 Å². The van der Waals surface area contributed by atoms with Gasteiger partial charge in [-0.3, -0.25) is 0 Å². The first kappa shape index (κ1) is 8.21. The zero-order chi connectivity index (χ0) is 5.28. The fourth-order valence-corrected chi connectivity index (χ4v) is 0.595. The van der Waals surface area contributed by atoms with Crippen molar-refractivity contribution in [2.24, 2.45) is 5.73 Å². The highest BCUT2D eigenvalue weighted by Gasteiger charge is 2.33.